The number of nitrogens with zero attached hydrogens (tertiary/aromatic N) is 2. The predicted octanol–water partition coefficient (Wildman–Crippen LogP) is 1.97. The molecule has 3 heteroatoms. The van der Waals surface area contributed by atoms with Gasteiger partial charge in [-0.05, 0) is 52.1 Å². The SMILES string of the molecule is CNC(CCN1CCCN(C)CC1)c1ccccc1. The average Bonchev–Trinajstić information content (AvgIpc) is 2.66. The van der Waals surface area contributed by atoms with Gasteiger partial charge in [0.15, 0.2) is 0 Å². The van der Waals surface area contributed by atoms with E-state index in [1.54, 1.807) is 0 Å². The first-order chi connectivity index (χ1) is 9.29. The molecule has 1 atom stereocenters. The second-order valence-corrected chi connectivity index (χ2v) is 5.54. The zero-order valence-corrected chi connectivity index (χ0v) is 12.3. The van der Waals surface area contributed by atoms with Gasteiger partial charge < -0.3 is 15.1 Å². The fourth-order valence-corrected chi connectivity index (χ4v) is 2.80. The lowest BCUT2D eigenvalue weighted by atomic mass is 10.0. The predicted molar refractivity (Wildman–Crippen MR) is 81.4 cm³/mol. The smallest absolute Gasteiger partial charge is 0.0329 e. The van der Waals surface area contributed by atoms with Gasteiger partial charge in [-0.3, -0.25) is 0 Å². The Morgan fingerprint density at radius 1 is 1.11 bits per heavy atom. The van der Waals surface area contributed by atoms with Crippen LogP contribution in [0.3, 0.4) is 0 Å². The van der Waals surface area contributed by atoms with Gasteiger partial charge in [-0.15, -0.1) is 0 Å². The Kier molecular flexibility index (Phi) is 5.83. The van der Waals surface area contributed by atoms with Crippen LogP contribution < -0.4 is 5.32 Å². The molecule has 1 N–H and O–H groups in total. The van der Waals surface area contributed by atoms with Gasteiger partial charge in [0.2, 0.25) is 0 Å². The van der Waals surface area contributed by atoms with E-state index in [0.29, 0.717) is 6.04 Å². The summed E-state index contributed by atoms with van der Waals surface area (Å²) in [6.07, 6.45) is 2.48. The number of hydrogen-bond acceptors (Lipinski definition) is 3. The minimum atomic E-state index is 0.474. The van der Waals surface area contributed by atoms with Crippen LogP contribution in [-0.4, -0.2) is 56.6 Å². The normalized spacial score (nSPS) is 20.1. The monoisotopic (exact) mass is 261 g/mol. The van der Waals surface area contributed by atoms with Gasteiger partial charge in [-0.1, -0.05) is 30.3 Å². The third kappa shape index (κ3) is 4.60. The molecule has 0 saturated carbocycles. The Bertz CT molecular complexity index is 352. The standard InChI is InChI=1S/C16H27N3/c1-17-16(15-7-4-3-5-8-15)9-12-19-11-6-10-18(2)13-14-19/h3-5,7-8,16-17H,6,9-14H2,1-2H3. The summed E-state index contributed by atoms with van der Waals surface area (Å²) in [5.74, 6) is 0. The number of rotatable bonds is 5. The first-order valence-corrected chi connectivity index (χ1v) is 7.42. The summed E-state index contributed by atoms with van der Waals surface area (Å²) in [7, 11) is 4.29. The van der Waals surface area contributed by atoms with Crippen LogP contribution in [0.25, 0.3) is 0 Å². The van der Waals surface area contributed by atoms with E-state index in [-0.39, 0.29) is 0 Å². The highest BCUT2D eigenvalue weighted by atomic mass is 15.2. The van der Waals surface area contributed by atoms with Crippen LogP contribution in [0, 0.1) is 0 Å². The van der Waals surface area contributed by atoms with Crippen LogP contribution in [0.15, 0.2) is 30.3 Å². The number of hydrogen-bond donors (Lipinski definition) is 1. The van der Waals surface area contributed by atoms with Gasteiger partial charge in [0, 0.05) is 19.1 Å². The van der Waals surface area contributed by atoms with Crippen molar-refractivity contribution in [3.63, 3.8) is 0 Å². The minimum absolute atomic E-state index is 0.474. The fourth-order valence-electron chi connectivity index (χ4n) is 2.80. The first kappa shape index (κ1) is 14.5. The highest BCUT2D eigenvalue weighted by molar-refractivity contribution is 5.18. The molecule has 1 aromatic carbocycles. The van der Waals surface area contributed by atoms with Gasteiger partial charge in [-0.25, -0.2) is 0 Å². The molecule has 2 rings (SSSR count). The number of benzene rings is 1. The lowest BCUT2D eigenvalue weighted by Gasteiger charge is -2.24. The zero-order valence-electron chi connectivity index (χ0n) is 12.3. The molecule has 1 saturated heterocycles. The molecule has 0 aliphatic carbocycles. The van der Waals surface area contributed by atoms with E-state index >= 15 is 0 Å². The molecule has 0 aromatic heterocycles. The molecule has 1 heterocycles. The van der Waals surface area contributed by atoms with Crippen molar-refractivity contribution in [2.45, 2.75) is 18.9 Å². The van der Waals surface area contributed by atoms with Gasteiger partial charge >= 0.3 is 0 Å². The van der Waals surface area contributed by atoms with Crippen LogP contribution in [0.4, 0.5) is 0 Å². The van der Waals surface area contributed by atoms with Gasteiger partial charge in [0.1, 0.15) is 0 Å². The summed E-state index contributed by atoms with van der Waals surface area (Å²) in [6.45, 7) is 6.09. The van der Waals surface area contributed by atoms with Crippen LogP contribution in [0.2, 0.25) is 0 Å². The van der Waals surface area contributed by atoms with E-state index in [9.17, 15) is 0 Å². The molecule has 1 fully saturated rings. The average molecular weight is 261 g/mol. The van der Waals surface area contributed by atoms with Crippen LogP contribution >= 0.6 is 0 Å². The van der Waals surface area contributed by atoms with Gasteiger partial charge in [0.25, 0.3) is 0 Å². The molecule has 0 bridgehead atoms. The maximum atomic E-state index is 3.45. The summed E-state index contributed by atoms with van der Waals surface area (Å²) >= 11 is 0. The Morgan fingerprint density at radius 3 is 2.63 bits per heavy atom. The molecule has 1 aliphatic heterocycles. The molecule has 1 aliphatic rings. The molecule has 0 radical (unpaired) electrons. The molecule has 106 valence electrons. The summed E-state index contributed by atoms with van der Waals surface area (Å²) in [6, 6.07) is 11.2. The van der Waals surface area contributed by atoms with Gasteiger partial charge in [-0.2, -0.15) is 0 Å². The zero-order chi connectivity index (χ0) is 13.5. The Labute approximate surface area is 117 Å². The molecule has 1 unspecified atom stereocenters. The van der Waals surface area contributed by atoms with Crippen molar-refractivity contribution in [3.05, 3.63) is 35.9 Å². The second-order valence-electron chi connectivity index (χ2n) is 5.54. The molecule has 3 nitrogen and oxygen atoms in total. The van der Waals surface area contributed by atoms with E-state index in [1.807, 2.05) is 0 Å². The third-order valence-electron chi connectivity index (χ3n) is 4.10. The Morgan fingerprint density at radius 2 is 1.89 bits per heavy atom. The lowest BCUT2D eigenvalue weighted by molar-refractivity contribution is 0.262. The maximum absolute atomic E-state index is 3.45. The fraction of sp³-hybridized carbons (Fsp3) is 0.625. The van der Waals surface area contributed by atoms with E-state index in [0.717, 1.165) is 0 Å². The summed E-state index contributed by atoms with van der Waals surface area (Å²) in [5.41, 5.74) is 1.40. The Hall–Kier alpha value is -0.900. The maximum Gasteiger partial charge on any atom is 0.0329 e. The van der Waals surface area contributed by atoms with Crippen LogP contribution in [0.1, 0.15) is 24.4 Å². The largest absolute Gasteiger partial charge is 0.313 e. The van der Waals surface area contributed by atoms with Crippen molar-refractivity contribution in [1.29, 1.82) is 0 Å². The van der Waals surface area contributed by atoms with E-state index < -0.39 is 0 Å². The molecule has 1 aromatic rings. The molecule has 19 heavy (non-hydrogen) atoms. The van der Waals surface area contributed by atoms with Crippen molar-refractivity contribution in [3.8, 4) is 0 Å². The van der Waals surface area contributed by atoms with Gasteiger partial charge in [0.05, 0.1) is 0 Å². The lowest BCUT2D eigenvalue weighted by Crippen LogP contribution is -2.32. The van der Waals surface area contributed by atoms with Crippen molar-refractivity contribution >= 4 is 0 Å². The van der Waals surface area contributed by atoms with Crippen molar-refractivity contribution in [2.75, 3.05) is 46.8 Å². The molecule has 0 amide bonds. The first-order valence-electron chi connectivity index (χ1n) is 7.42. The Balaban J connectivity index is 1.83. The van der Waals surface area contributed by atoms with Crippen LogP contribution in [0.5, 0.6) is 0 Å². The highest BCUT2D eigenvalue weighted by Crippen LogP contribution is 2.16. The molecule has 0 spiro atoms. The topological polar surface area (TPSA) is 18.5 Å². The molecular formula is C16H27N3. The van der Waals surface area contributed by atoms with Crippen molar-refractivity contribution in [1.82, 2.24) is 15.1 Å². The quantitative estimate of drug-likeness (QED) is 0.874. The second kappa shape index (κ2) is 7.63. The minimum Gasteiger partial charge on any atom is -0.313 e. The number of nitrogens with one attached hydrogen (secondary N) is 1. The summed E-state index contributed by atoms with van der Waals surface area (Å²) in [4.78, 5) is 5.05. The van der Waals surface area contributed by atoms with E-state index in [2.05, 4.69) is 59.5 Å². The summed E-state index contributed by atoms with van der Waals surface area (Å²) < 4.78 is 0. The molecular weight excluding hydrogens is 234 g/mol. The van der Waals surface area contributed by atoms with Crippen molar-refractivity contribution < 1.29 is 0 Å². The van der Waals surface area contributed by atoms with Crippen LogP contribution in [-0.2, 0) is 0 Å². The van der Waals surface area contributed by atoms with E-state index in [4.69, 9.17) is 0 Å². The summed E-state index contributed by atoms with van der Waals surface area (Å²) in [5, 5.41) is 3.45. The highest BCUT2D eigenvalue weighted by Gasteiger charge is 2.14. The third-order valence-corrected chi connectivity index (χ3v) is 4.10. The number of likely N-dealkylation sites (N-methyl/N-ethyl adjacent to an activating group) is 1. The van der Waals surface area contributed by atoms with E-state index in [1.165, 1.54) is 51.1 Å². The van der Waals surface area contributed by atoms with Crippen molar-refractivity contribution in [2.24, 2.45) is 0 Å².